The van der Waals surface area contributed by atoms with Gasteiger partial charge in [-0.05, 0) is 49.2 Å². The van der Waals surface area contributed by atoms with E-state index in [1.807, 2.05) is 0 Å². The lowest BCUT2D eigenvalue weighted by Gasteiger charge is -2.12. The molecule has 2 N–H and O–H groups in total. The van der Waals surface area contributed by atoms with Crippen LogP contribution in [0.2, 0.25) is 0 Å². The van der Waals surface area contributed by atoms with Crippen molar-refractivity contribution >= 4 is 27.6 Å². The Morgan fingerprint density at radius 3 is 2.15 bits per heavy atom. The van der Waals surface area contributed by atoms with Gasteiger partial charge in [0.1, 0.15) is 5.82 Å². The van der Waals surface area contributed by atoms with Gasteiger partial charge < -0.3 is 10.6 Å². The van der Waals surface area contributed by atoms with E-state index in [-0.39, 0.29) is 10.8 Å². The third kappa shape index (κ3) is 4.61. The van der Waals surface area contributed by atoms with Crippen molar-refractivity contribution in [3.63, 3.8) is 0 Å². The molecular formula is C18H23N5O3S. The second kappa shape index (κ2) is 8.01. The SMILES string of the molecule is CN(C)S(=O)(=O)c1ccc(C(=O)Nc2ccc(NC3CCCC3)nn2)cc1. The molecule has 0 bridgehead atoms. The number of hydrogen-bond donors (Lipinski definition) is 2. The number of anilines is 2. The first-order chi connectivity index (χ1) is 12.9. The van der Waals surface area contributed by atoms with Crippen molar-refractivity contribution in [2.75, 3.05) is 24.7 Å². The second-order valence-corrected chi connectivity index (χ2v) is 8.85. The lowest BCUT2D eigenvalue weighted by atomic mass is 10.2. The van der Waals surface area contributed by atoms with E-state index in [1.54, 1.807) is 12.1 Å². The average molecular weight is 389 g/mol. The minimum atomic E-state index is -3.52. The molecule has 9 heteroatoms. The molecule has 2 aromatic rings. The molecule has 1 aromatic heterocycles. The highest BCUT2D eigenvalue weighted by Gasteiger charge is 2.18. The molecule has 1 amide bonds. The average Bonchev–Trinajstić information content (AvgIpc) is 3.16. The van der Waals surface area contributed by atoms with Crippen LogP contribution in [0.25, 0.3) is 0 Å². The summed E-state index contributed by atoms with van der Waals surface area (Å²) in [6, 6.07) is 9.66. The van der Waals surface area contributed by atoms with E-state index in [0.29, 0.717) is 23.2 Å². The molecule has 1 saturated carbocycles. The molecule has 8 nitrogen and oxygen atoms in total. The molecule has 3 rings (SSSR count). The summed E-state index contributed by atoms with van der Waals surface area (Å²) in [6.45, 7) is 0. The van der Waals surface area contributed by atoms with E-state index in [0.717, 1.165) is 17.1 Å². The number of carbonyl (C=O) groups is 1. The Labute approximate surface area is 159 Å². The molecule has 0 unspecified atom stereocenters. The third-order valence-electron chi connectivity index (χ3n) is 4.51. The number of benzene rings is 1. The predicted molar refractivity (Wildman–Crippen MR) is 103 cm³/mol. The van der Waals surface area contributed by atoms with Crippen LogP contribution in [0, 0.1) is 0 Å². The number of nitrogens with zero attached hydrogens (tertiary/aromatic N) is 3. The van der Waals surface area contributed by atoms with Gasteiger partial charge in [0.15, 0.2) is 5.82 Å². The van der Waals surface area contributed by atoms with Crippen molar-refractivity contribution in [1.82, 2.24) is 14.5 Å². The highest BCUT2D eigenvalue weighted by atomic mass is 32.2. The number of sulfonamides is 1. The van der Waals surface area contributed by atoms with Crippen molar-refractivity contribution < 1.29 is 13.2 Å². The van der Waals surface area contributed by atoms with E-state index in [9.17, 15) is 13.2 Å². The Bertz CT molecular complexity index is 890. The number of aromatic nitrogens is 2. The first-order valence-electron chi connectivity index (χ1n) is 8.80. The van der Waals surface area contributed by atoms with Crippen LogP contribution in [0.3, 0.4) is 0 Å². The molecule has 1 aliphatic carbocycles. The van der Waals surface area contributed by atoms with Gasteiger partial charge in [-0.15, -0.1) is 10.2 Å². The van der Waals surface area contributed by atoms with Crippen molar-refractivity contribution in [1.29, 1.82) is 0 Å². The fraction of sp³-hybridized carbons (Fsp3) is 0.389. The monoisotopic (exact) mass is 389 g/mol. The molecule has 27 heavy (non-hydrogen) atoms. The predicted octanol–water partition coefficient (Wildman–Crippen LogP) is 2.33. The molecule has 0 saturated heterocycles. The summed E-state index contributed by atoms with van der Waals surface area (Å²) in [4.78, 5) is 12.4. The highest BCUT2D eigenvalue weighted by Crippen LogP contribution is 2.21. The smallest absolute Gasteiger partial charge is 0.256 e. The minimum Gasteiger partial charge on any atom is -0.366 e. The van der Waals surface area contributed by atoms with Gasteiger partial charge in [0, 0.05) is 25.7 Å². The maximum absolute atomic E-state index is 12.3. The quantitative estimate of drug-likeness (QED) is 0.786. The van der Waals surface area contributed by atoms with Gasteiger partial charge in [-0.2, -0.15) is 0 Å². The van der Waals surface area contributed by atoms with Crippen molar-refractivity contribution in [3.8, 4) is 0 Å². The maximum Gasteiger partial charge on any atom is 0.256 e. The Morgan fingerprint density at radius 1 is 1.00 bits per heavy atom. The number of nitrogens with one attached hydrogen (secondary N) is 2. The van der Waals surface area contributed by atoms with Crippen LogP contribution in [0.1, 0.15) is 36.0 Å². The minimum absolute atomic E-state index is 0.131. The van der Waals surface area contributed by atoms with Crippen LogP contribution in [0.15, 0.2) is 41.3 Å². The largest absolute Gasteiger partial charge is 0.366 e. The van der Waals surface area contributed by atoms with Crippen molar-refractivity contribution in [2.45, 2.75) is 36.6 Å². The summed E-state index contributed by atoms with van der Waals surface area (Å²) in [5, 5.41) is 14.1. The van der Waals surface area contributed by atoms with Gasteiger partial charge in [0.2, 0.25) is 10.0 Å². The second-order valence-electron chi connectivity index (χ2n) is 6.70. The molecule has 1 fully saturated rings. The number of amides is 1. The normalized spacial score (nSPS) is 15.1. The van der Waals surface area contributed by atoms with Crippen LogP contribution in [-0.4, -0.2) is 49.0 Å². The van der Waals surface area contributed by atoms with Gasteiger partial charge >= 0.3 is 0 Å². The highest BCUT2D eigenvalue weighted by molar-refractivity contribution is 7.89. The van der Waals surface area contributed by atoms with E-state index in [4.69, 9.17) is 0 Å². The van der Waals surface area contributed by atoms with Crippen LogP contribution < -0.4 is 10.6 Å². The standard InChI is InChI=1S/C18H23N5O3S/c1-23(2)27(25,26)15-9-7-13(8-10-15)18(24)20-17-12-11-16(21-22-17)19-14-5-3-4-6-14/h7-12,14H,3-6H2,1-2H3,(H,19,21)(H,20,22,24). The van der Waals surface area contributed by atoms with Crippen LogP contribution in [0.4, 0.5) is 11.6 Å². The number of carbonyl (C=O) groups excluding carboxylic acids is 1. The molecule has 0 atom stereocenters. The molecule has 0 spiro atoms. The Morgan fingerprint density at radius 2 is 1.59 bits per heavy atom. The van der Waals surface area contributed by atoms with Crippen LogP contribution in [0.5, 0.6) is 0 Å². The Hall–Kier alpha value is -2.52. The fourth-order valence-corrected chi connectivity index (χ4v) is 3.83. The lowest BCUT2D eigenvalue weighted by Crippen LogP contribution is -2.22. The molecule has 0 radical (unpaired) electrons. The maximum atomic E-state index is 12.3. The topological polar surface area (TPSA) is 104 Å². The first-order valence-corrected chi connectivity index (χ1v) is 10.2. The van der Waals surface area contributed by atoms with E-state index < -0.39 is 10.0 Å². The van der Waals surface area contributed by atoms with E-state index in [1.165, 1.54) is 51.2 Å². The summed E-state index contributed by atoms with van der Waals surface area (Å²) in [6.07, 6.45) is 4.74. The van der Waals surface area contributed by atoms with Crippen molar-refractivity contribution in [3.05, 3.63) is 42.0 Å². The van der Waals surface area contributed by atoms with Gasteiger partial charge in [0.05, 0.1) is 4.90 Å². The summed E-state index contributed by atoms with van der Waals surface area (Å²) in [7, 11) is -0.604. The summed E-state index contributed by atoms with van der Waals surface area (Å²) in [5.41, 5.74) is 0.336. The number of rotatable bonds is 6. The first kappa shape index (κ1) is 19.2. The van der Waals surface area contributed by atoms with Crippen LogP contribution in [-0.2, 0) is 10.0 Å². The van der Waals surface area contributed by atoms with Gasteiger partial charge in [-0.1, -0.05) is 12.8 Å². The third-order valence-corrected chi connectivity index (χ3v) is 6.34. The molecule has 0 aliphatic heterocycles. The summed E-state index contributed by atoms with van der Waals surface area (Å²) >= 11 is 0. The number of hydrogen-bond acceptors (Lipinski definition) is 6. The molecule has 1 aromatic carbocycles. The van der Waals surface area contributed by atoms with E-state index in [2.05, 4.69) is 20.8 Å². The fourth-order valence-electron chi connectivity index (χ4n) is 2.93. The van der Waals surface area contributed by atoms with Crippen LogP contribution >= 0.6 is 0 Å². The summed E-state index contributed by atoms with van der Waals surface area (Å²) < 4.78 is 25.2. The van der Waals surface area contributed by atoms with E-state index >= 15 is 0 Å². The molecule has 144 valence electrons. The zero-order valence-corrected chi connectivity index (χ0v) is 16.2. The van der Waals surface area contributed by atoms with Gasteiger partial charge in [-0.3, -0.25) is 4.79 Å². The lowest BCUT2D eigenvalue weighted by molar-refractivity contribution is 0.102. The molecular weight excluding hydrogens is 366 g/mol. The summed E-state index contributed by atoms with van der Waals surface area (Å²) in [5.74, 6) is 0.648. The van der Waals surface area contributed by atoms with Crippen molar-refractivity contribution in [2.24, 2.45) is 0 Å². The van der Waals surface area contributed by atoms with Gasteiger partial charge in [-0.25, -0.2) is 12.7 Å². The molecule has 1 aliphatic rings. The van der Waals surface area contributed by atoms with Gasteiger partial charge in [0.25, 0.3) is 5.91 Å². The Kier molecular flexibility index (Phi) is 5.71. The molecule has 1 heterocycles. The zero-order valence-electron chi connectivity index (χ0n) is 15.3. The zero-order chi connectivity index (χ0) is 19.4. The Balaban J connectivity index is 1.63.